The van der Waals surface area contributed by atoms with E-state index in [0.29, 0.717) is 24.6 Å². The first-order valence-electron chi connectivity index (χ1n) is 5.74. The number of amides is 1. The molecule has 0 aliphatic carbocycles. The molecule has 0 fully saturated rings. The van der Waals surface area contributed by atoms with Crippen molar-refractivity contribution in [1.82, 2.24) is 15.2 Å². The van der Waals surface area contributed by atoms with Gasteiger partial charge in [-0.25, -0.2) is 4.98 Å². The number of hydrogen-bond acceptors (Lipinski definition) is 4. The number of benzene rings is 1. The quantitative estimate of drug-likeness (QED) is 0.755. The minimum Gasteiger partial charge on any atom is -0.326 e. The lowest BCUT2D eigenvalue weighted by molar-refractivity contribution is -0.115. The van der Waals surface area contributed by atoms with Crippen LogP contribution in [-0.4, -0.2) is 21.1 Å². The Balaban J connectivity index is 2.14. The first kappa shape index (κ1) is 12.3. The van der Waals surface area contributed by atoms with Crippen molar-refractivity contribution in [2.24, 2.45) is 5.73 Å². The third-order valence-electron chi connectivity index (χ3n) is 2.47. The molecule has 0 radical (unpaired) electrons. The van der Waals surface area contributed by atoms with E-state index in [1.165, 1.54) is 0 Å². The highest BCUT2D eigenvalue weighted by molar-refractivity contribution is 5.90. The van der Waals surface area contributed by atoms with Crippen molar-refractivity contribution >= 4 is 11.6 Å². The van der Waals surface area contributed by atoms with Crippen LogP contribution in [0.3, 0.4) is 0 Å². The van der Waals surface area contributed by atoms with E-state index in [-0.39, 0.29) is 5.91 Å². The number of H-pyrrole nitrogens is 1. The van der Waals surface area contributed by atoms with Gasteiger partial charge in [0, 0.05) is 17.7 Å². The molecule has 1 aromatic carbocycles. The van der Waals surface area contributed by atoms with Crippen LogP contribution in [0.4, 0.5) is 5.69 Å². The molecule has 94 valence electrons. The Kier molecular flexibility index (Phi) is 3.69. The van der Waals surface area contributed by atoms with Gasteiger partial charge in [0.25, 0.3) is 0 Å². The molecular weight excluding hydrogens is 230 g/mol. The van der Waals surface area contributed by atoms with E-state index in [0.717, 1.165) is 11.3 Å². The Morgan fingerprint density at radius 1 is 1.39 bits per heavy atom. The van der Waals surface area contributed by atoms with Gasteiger partial charge in [-0.2, -0.15) is 5.10 Å². The SMILES string of the molecule is CCC(=O)Nc1ccc(-c2n[nH]c(CN)n2)cc1. The average molecular weight is 245 g/mol. The minimum absolute atomic E-state index is 0.00828. The van der Waals surface area contributed by atoms with Crippen molar-refractivity contribution in [3.8, 4) is 11.4 Å². The lowest BCUT2D eigenvalue weighted by Crippen LogP contribution is -2.09. The van der Waals surface area contributed by atoms with Crippen molar-refractivity contribution < 1.29 is 4.79 Å². The van der Waals surface area contributed by atoms with E-state index in [4.69, 9.17) is 5.73 Å². The number of nitrogens with zero attached hydrogens (tertiary/aromatic N) is 2. The smallest absolute Gasteiger partial charge is 0.224 e. The van der Waals surface area contributed by atoms with Gasteiger partial charge in [0.05, 0.1) is 6.54 Å². The molecule has 0 aliphatic rings. The first-order chi connectivity index (χ1) is 8.72. The fourth-order valence-electron chi connectivity index (χ4n) is 1.47. The van der Waals surface area contributed by atoms with Crippen LogP contribution in [-0.2, 0) is 11.3 Å². The molecule has 0 saturated heterocycles. The topological polar surface area (TPSA) is 96.7 Å². The molecular formula is C12H15N5O. The molecule has 2 aromatic rings. The molecule has 4 N–H and O–H groups in total. The normalized spacial score (nSPS) is 10.3. The number of hydrogen-bond donors (Lipinski definition) is 3. The van der Waals surface area contributed by atoms with Crippen LogP contribution in [0.15, 0.2) is 24.3 Å². The third-order valence-corrected chi connectivity index (χ3v) is 2.47. The summed E-state index contributed by atoms with van der Waals surface area (Å²) in [6, 6.07) is 7.35. The summed E-state index contributed by atoms with van der Waals surface area (Å²) in [6.45, 7) is 2.14. The van der Waals surface area contributed by atoms with E-state index in [9.17, 15) is 4.79 Å². The number of nitrogens with two attached hydrogens (primary N) is 1. The van der Waals surface area contributed by atoms with Crippen LogP contribution in [0.1, 0.15) is 19.2 Å². The van der Waals surface area contributed by atoms with Crippen LogP contribution in [0.2, 0.25) is 0 Å². The van der Waals surface area contributed by atoms with E-state index in [1.807, 2.05) is 31.2 Å². The van der Waals surface area contributed by atoms with E-state index >= 15 is 0 Å². The standard InChI is InChI=1S/C12H15N5O/c1-2-11(18)14-9-5-3-8(4-6-9)12-15-10(7-13)16-17-12/h3-6H,2,7,13H2,1H3,(H,14,18)(H,15,16,17). The summed E-state index contributed by atoms with van der Waals surface area (Å²) in [4.78, 5) is 15.5. The van der Waals surface area contributed by atoms with Crippen LogP contribution in [0.5, 0.6) is 0 Å². The van der Waals surface area contributed by atoms with Gasteiger partial charge in [0.1, 0.15) is 5.82 Å². The predicted molar refractivity (Wildman–Crippen MR) is 68.6 cm³/mol. The largest absolute Gasteiger partial charge is 0.326 e. The fraction of sp³-hybridized carbons (Fsp3) is 0.250. The Morgan fingerprint density at radius 3 is 2.67 bits per heavy atom. The molecule has 0 unspecified atom stereocenters. The van der Waals surface area contributed by atoms with Crippen molar-refractivity contribution in [2.45, 2.75) is 19.9 Å². The van der Waals surface area contributed by atoms with E-state index in [2.05, 4.69) is 20.5 Å². The summed E-state index contributed by atoms with van der Waals surface area (Å²) >= 11 is 0. The number of anilines is 1. The first-order valence-corrected chi connectivity index (χ1v) is 5.74. The molecule has 1 heterocycles. The molecule has 18 heavy (non-hydrogen) atoms. The Labute approximate surface area is 105 Å². The van der Waals surface area contributed by atoms with Gasteiger partial charge in [-0.15, -0.1) is 0 Å². The lowest BCUT2D eigenvalue weighted by Gasteiger charge is -2.03. The van der Waals surface area contributed by atoms with Crippen molar-refractivity contribution in [2.75, 3.05) is 5.32 Å². The van der Waals surface area contributed by atoms with Gasteiger partial charge in [0.2, 0.25) is 5.91 Å². The average Bonchev–Trinajstić information content (AvgIpc) is 2.88. The van der Waals surface area contributed by atoms with Crippen LogP contribution < -0.4 is 11.1 Å². The molecule has 1 amide bonds. The predicted octanol–water partition coefficient (Wildman–Crippen LogP) is 1.28. The molecule has 0 saturated carbocycles. The second kappa shape index (κ2) is 5.42. The van der Waals surface area contributed by atoms with Gasteiger partial charge >= 0.3 is 0 Å². The molecule has 0 aliphatic heterocycles. The summed E-state index contributed by atoms with van der Waals surface area (Å²) in [6.07, 6.45) is 0.461. The number of carbonyl (C=O) groups excluding carboxylic acids is 1. The number of nitrogens with one attached hydrogen (secondary N) is 2. The number of rotatable bonds is 4. The minimum atomic E-state index is -0.00828. The number of aromatic nitrogens is 3. The third kappa shape index (κ3) is 2.72. The van der Waals surface area contributed by atoms with Crippen molar-refractivity contribution in [3.05, 3.63) is 30.1 Å². The summed E-state index contributed by atoms with van der Waals surface area (Å²) in [5.74, 6) is 1.24. The maximum absolute atomic E-state index is 11.2. The molecule has 0 bridgehead atoms. The van der Waals surface area contributed by atoms with Gasteiger partial charge < -0.3 is 11.1 Å². The van der Waals surface area contributed by atoms with E-state index in [1.54, 1.807) is 0 Å². The second-order valence-electron chi connectivity index (χ2n) is 3.79. The zero-order valence-electron chi connectivity index (χ0n) is 10.1. The van der Waals surface area contributed by atoms with E-state index < -0.39 is 0 Å². The van der Waals surface area contributed by atoms with Gasteiger partial charge in [-0.3, -0.25) is 9.89 Å². The monoisotopic (exact) mass is 245 g/mol. The molecule has 6 nitrogen and oxygen atoms in total. The zero-order chi connectivity index (χ0) is 13.0. The molecule has 0 spiro atoms. The Bertz CT molecular complexity index is 532. The zero-order valence-corrected chi connectivity index (χ0v) is 10.1. The number of carbonyl (C=O) groups is 1. The summed E-state index contributed by atoms with van der Waals surface area (Å²) in [5, 5.41) is 9.59. The Morgan fingerprint density at radius 2 is 2.11 bits per heavy atom. The maximum atomic E-state index is 11.2. The van der Waals surface area contributed by atoms with Crippen molar-refractivity contribution in [1.29, 1.82) is 0 Å². The Hall–Kier alpha value is -2.21. The van der Waals surface area contributed by atoms with Crippen LogP contribution >= 0.6 is 0 Å². The highest BCUT2D eigenvalue weighted by Crippen LogP contribution is 2.17. The lowest BCUT2D eigenvalue weighted by atomic mass is 10.2. The van der Waals surface area contributed by atoms with Crippen LogP contribution in [0.25, 0.3) is 11.4 Å². The highest BCUT2D eigenvalue weighted by Gasteiger charge is 2.05. The van der Waals surface area contributed by atoms with Crippen LogP contribution in [0, 0.1) is 0 Å². The maximum Gasteiger partial charge on any atom is 0.224 e. The number of aromatic amines is 1. The van der Waals surface area contributed by atoms with Gasteiger partial charge in [0.15, 0.2) is 5.82 Å². The van der Waals surface area contributed by atoms with Gasteiger partial charge in [-0.1, -0.05) is 6.92 Å². The fourth-order valence-corrected chi connectivity index (χ4v) is 1.47. The molecule has 6 heteroatoms. The molecule has 0 atom stereocenters. The molecule has 1 aromatic heterocycles. The summed E-state index contributed by atoms with van der Waals surface area (Å²) < 4.78 is 0. The summed E-state index contributed by atoms with van der Waals surface area (Å²) in [5.41, 5.74) is 7.09. The highest BCUT2D eigenvalue weighted by atomic mass is 16.1. The molecule has 2 rings (SSSR count). The second-order valence-corrected chi connectivity index (χ2v) is 3.79. The van der Waals surface area contributed by atoms with Gasteiger partial charge in [-0.05, 0) is 24.3 Å². The summed E-state index contributed by atoms with van der Waals surface area (Å²) in [7, 11) is 0. The van der Waals surface area contributed by atoms with Crippen molar-refractivity contribution in [3.63, 3.8) is 0 Å².